The summed E-state index contributed by atoms with van der Waals surface area (Å²) in [6, 6.07) is 1.09. The first-order valence-corrected chi connectivity index (χ1v) is 18.3. The number of hydrogen-bond donors (Lipinski definition) is 2. The fraction of sp³-hybridized carbons (Fsp3) is 1.00. The molecular formula is C29H56O8Si. The topological polar surface area (TPSA) is 95.8 Å². The van der Waals surface area contributed by atoms with Crippen molar-refractivity contribution in [3.05, 3.63) is 0 Å². The van der Waals surface area contributed by atoms with Crippen molar-refractivity contribution in [1.82, 2.24) is 0 Å². The van der Waals surface area contributed by atoms with Crippen molar-refractivity contribution in [2.45, 2.75) is 165 Å². The largest absolute Gasteiger partial charge is 0.387 e. The van der Waals surface area contributed by atoms with Gasteiger partial charge in [0.1, 0.15) is 12.4 Å². The predicted octanol–water partition coefficient (Wildman–Crippen LogP) is 5.01. The van der Waals surface area contributed by atoms with Gasteiger partial charge in [0.2, 0.25) is 0 Å². The molecule has 0 spiro atoms. The maximum atomic E-state index is 11.4. The molecule has 0 aliphatic carbocycles. The molecule has 0 amide bonds. The van der Waals surface area contributed by atoms with Gasteiger partial charge < -0.3 is 38.6 Å². The van der Waals surface area contributed by atoms with Crippen molar-refractivity contribution in [3.63, 3.8) is 0 Å². The van der Waals surface area contributed by atoms with Crippen molar-refractivity contribution in [1.29, 1.82) is 0 Å². The SMILES string of the molecule is CC1(C)O[C@H](CC[C@@](C)(O)[C@@H]2CC[C@](C)([C@@H]3CC[C@@H]([C@](C)(O)COCOCC[Si](C)(C)C)O3)O2)C(C)(C)O1. The third kappa shape index (κ3) is 8.46. The van der Waals surface area contributed by atoms with Crippen LogP contribution in [0, 0.1) is 0 Å². The van der Waals surface area contributed by atoms with Crippen LogP contribution in [-0.2, 0) is 28.4 Å². The number of hydrogen-bond acceptors (Lipinski definition) is 8. The van der Waals surface area contributed by atoms with Gasteiger partial charge in [0.25, 0.3) is 0 Å². The highest BCUT2D eigenvalue weighted by atomic mass is 28.3. The lowest BCUT2D eigenvalue weighted by Gasteiger charge is -2.37. The molecule has 2 N–H and O–H groups in total. The van der Waals surface area contributed by atoms with Crippen LogP contribution >= 0.6 is 0 Å². The van der Waals surface area contributed by atoms with E-state index in [0.29, 0.717) is 19.4 Å². The van der Waals surface area contributed by atoms with E-state index < -0.39 is 36.3 Å². The standard InChI is InChI=1S/C29H56O8Si/c1-25(2)21(35-26(3,4)37-25)13-15-27(5,30)23-14-16-29(7,36-23)24-12-11-22(34-24)28(6,31)19-33-20-32-17-18-38(8,9)10/h21-24,30-31H,11-20H2,1-10H3/t21-,22+,23+,24+,27-,28-,29-/m1/s1. The molecule has 0 aromatic rings. The van der Waals surface area contributed by atoms with Crippen LogP contribution in [0.1, 0.15) is 87.0 Å². The van der Waals surface area contributed by atoms with E-state index in [-0.39, 0.29) is 37.8 Å². The van der Waals surface area contributed by atoms with Crippen LogP contribution < -0.4 is 0 Å². The molecule has 3 aliphatic rings. The van der Waals surface area contributed by atoms with Crippen molar-refractivity contribution in [2.75, 3.05) is 20.0 Å². The lowest BCUT2D eigenvalue weighted by molar-refractivity contribution is -0.196. The fourth-order valence-electron chi connectivity index (χ4n) is 6.12. The lowest BCUT2D eigenvalue weighted by atomic mass is 9.86. The second-order valence-electron chi connectivity index (χ2n) is 14.8. The van der Waals surface area contributed by atoms with Gasteiger partial charge >= 0.3 is 0 Å². The molecule has 224 valence electrons. The molecule has 8 nitrogen and oxygen atoms in total. The summed E-state index contributed by atoms with van der Waals surface area (Å²) in [4.78, 5) is 0. The van der Waals surface area contributed by atoms with Crippen LogP contribution in [0.2, 0.25) is 25.7 Å². The monoisotopic (exact) mass is 560 g/mol. The van der Waals surface area contributed by atoms with Crippen LogP contribution in [0.3, 0.4) is 0 Å². The molecule has 0 aromatic heterocycles. The van der Waals surface area contributed by atoms with Crippen molar-refractivity contribution >= 4 is 8.07 Å². The maximum absolute atomic E-state index is 11.4. The van der Waals surface area contributed by atoms with Crippen molar-refractivity contribution < 1.29 is 38.6 Å². The van der Waals surface area contributed by atoms with Crippen LogP contribution in [0.15, 0.2) is 0 Å². The summed E-state index contributed by atoms with van der Waals surface area (Å²) < 4.78 is 36.3. The minimum Gasteiger partial charge on any atom is -0.387 e. The minimum atomic E-state index is -1.13. The van der Waals surface area contributed by atoms with E-state index in [1.807, 2.05) is 34.6 Å². The van der Waals surface area contributed by atoms with Crippen LogP contribution in [-0.4, -0.2) is 90.9 Å². The first-order chi connectivity index (χ1) is 17.2. The zero-order chi connectivity index (χ0) is 28.6. The molecule has 0 radical (unpaired) electrons. The van der Waals surface area contributed by atoms with E-state index in [2.05, 4.69) is 26.6 Å². The molecule has 0 aromatic carbocycles. The lowest BCUT2D eigenvalue weighted by Crippen LogP contribution is -2.48. The van der Waals surface area contributed by atoms with Gasteiger partial charge in [-0.3, -0.25) is 0 Å². The Morgan fingerprint density at radius 3 is 2.18 bits per heavy atom. The molecule has 3 rings (SSSR count). The Morgan fingerprint density at radius 2 is 1.58 bits per heavy atom. The predicted molar refractivity (Wildman–Crippen MR) is 150 cm³/mol. The van der Waals surface area contributed by atoms with E-state index >= 15 is 0 Å². The smallest absolute Gasteiger partial charge is 0.164 e. The molecule has 7 atom stereocenters. The molecule has 0 saturated carbocycles. The summed E-state index contributed by atoms with van der Waals surface area (Å²) in [7, 11) is -1.13. The van der Waals surface area contributed by atoms with Gasteiger partial charge in [-0.15, -0.1) is 0 Å². The Labute approximate surface area is 232 Å². The number of rotatable bonds is 13. The van der Waals surface area contributed by atoms with E-state index in [1.54, 1.807) is 6.92 Å². The van der Waals surface area contributed by atoms with E-state index in [0.717, 1.165) is 31.7 Å². The average molecular weight is 561 g/mol. The quantitative estimate of drug-likeness (QED) is 0.184. The third-order valence-corrected chi connectivity index (χ3v) is 10.3. The normalized spacial score (nSPS) is 36.3. The molecule has 0 unspecified atom stereocenters. The van der Waals surface area contributed by atoms with E-state index in [9.17, 15) is 10.2 Å². The number of aliphatic hydroxyl groups is 2. The zero-order valence-corrected chi connectivity index (χ0v) is 26.7. The Balaban J connectivity index is 1.46. The molecule has 38 heavy (non-hydrogen) atoms. The van der Waals surface area contributed by atoms with Crippen molar-refractivity contribution in [3.8, 4) is 0 Å². The van der Waals surface area contributed by atoms with Crippen LogP contribution in [0.5, 0.6) is 0 Å². The molecule has 9 heteroatoms. The summed E-state index contributed by atoms with van der Waals surface area (Å²) in [5.41, 5.74) is -3.01. The van der Waals surface area contributed by atoms with Gasteiger partial charge in [0.15, 0.2) is 5.79 Å². The second kappa shape index (κ2) is 11.6. The summed E-state index contributed by atoms with van der Waals surface area (Å²) >= 11 is 0. The first-order valence-electron chi connectivity index (χ1n) is 14.6. The van der Waals surface area contributed by atoms with Gasteiger partial charge in [0, 0.05) is 14.7 Å². The highest BCUT2D eigenvalue weighted by Gasteiger charge is 2.53. The first kappa shape index (κ1) is 32.4. The minimum absolute atomic E-state index is 0.0918. The number of ether oxygens (including phenoxy) is 6. The molecule has 3 saturated heterocycles. The summed E-state index contributed by atoms with van der Waals surface area (Å²) in [6.07, 6.45) is 3.50. The summed E-state index contributed by atoms with van der Waals surface area (Å²) in [5.74, 6) is -0.619. The van der Waals surface area contributed by atoms with Crippen LogP contribution in [0.25, 0.3) is 0 Å². The van der Waals surface area contributed by atoms with E-state index in [4.69, 9.17) is 28.4 Å². The van der Waals surface area contributed by atoms with E-state index in [1.165, 1.54) is 0 Å². The highest BCUT2D eigenvalue weighted by molar-refractivity contribution is 6.76. The molecule has 3 heterocycles. The fourth-order valence-corrected chi connectivity index (χ4v) is 6.87. The van der Waals surface area contributed by atoms with Gasteiger partial charge in [-0.25, -0.2) is 0 Å². The zero-order valence-electron chi connectivity index (χ0n) is 25.7. The van der Waals surface area contributed by atoms with Crippen LogP contribution in [0.4, 0.5) is 0 Å². The summed E-state index contributed by atoms with van der Waals surface area (Å²) in [5, 5.41) is 22.5. The Morgan fingerprint density at radius 1 is 0.895 bits per heavy atom. The Hall–Kier alpha value is -0.103. The molecule has 3 fully saturated rings. The summed E-state index contributed by atoms with van der Waals surface area (Å²) in [6.45, 7) is 21.6. The average Bonchev–Trinajstić information content (AvgIpc) is 3.45. The maximum Gasteiger partial charge on any atom is 0.164 e. The third-order valence-electron chi connectivity index (χ3n) is 8.58. The molecule has 0 bridgehead atoms. The Bertz CT molecular complexity index is 777. The Kier molecular flexibility index (Phi) is 9.93. The second-order valence-corrected chi connectivity index (χ2v) is 20.4. The molecular weight excluding hydrogens is 504 g/mol. The van der Waals surface area contributed by atoms with Gasteiger partial charge in [0.05, 0.1) is 47.8 Å². The van der Waals surface area contributed by atoms with Gasteiger partial charge in [-0.2, -0.15) is 0 Å². The van der Waals surface area contributed by atoms with Gasteiger partial charge in [-0.05, 0) is 93.0 Å². The highest BCUT2D eigenvalue weighted by Crippen LogP contribution is 2.45. The van der Waals surface area contributed by atoms with Crippen molar-refractivity contribution in [2.24, 2.45) is 0 Å². The van der Waals surface area contributed by atoms with Gasteiger partial charge in [-0.1, -0.05) is 19.6 Å². The molecule has 3 aliphatic heterocycles.